The van der Waals surface area contributed by atoms with Gasteiger partial charge >= 0.3 is 0 Å². The van der Waals surface area contributed by atoms with Crippen molar-refractivity contribution < 1.29 is 0 Å². The van der Waals surface area contributed by atoms with E-state index in [0.29, 0.717) is 11.6 Å². The summed E-state index contributed by atoms with van der Waals surface area (Å²) >= 11 is 0. The molecule has 0 aliphatic heterocycles. The number of nitrogens with one attached hydrogen (secondary N) is 1. The Labute approximate surface area is 86.2 Å². The van der Waals surface area contributed by atoms with Crippen molar-refractivity contribution in [2.45, 2.75) is 0 Å². The summed E-state index contributed by atoms with van der Waals surface area (Å²) in [6, 6.07) is 3.50. The molecule has 0 saturated heterocycles. The first-order valence-electron chi connectivity index (χ1n) is 4.27. The molecule has 0 radical (unpaired) electrons. The van der Waals surface area contributed by atoms with Crippen LogP contribution in [0.5, 0.6) is 0 Å². The zero-order valence-corrected chi connectivity index (χ0v) is 8.05. The van der Waals surface area contributed by atoms with Crippen LogP contribution >= 0.6 is 0 Å². The van der Waals surface area contributed by atoms with E-state index in [4.69, 9.17) is 5.26 Å². The standard InChI is InChI=1S/C9H8N6/c1-15-6-8(5-12-15)14-9-11-3-2-7(4-10)13-9/h2-3,5-6H,1H3,(H,11,13,14). The van der Waals surface area contributed by atoms with Crippen molar-refractivity contribution in [3.63, 3.8) is 0 Å². The minimum atomic E-state index is 0.330. The Morgan fingerprint density at radius 3 is 3.07 bits per heavy atom. The smallest absolute Gasteiger partial charge is 0.228 e. The number of rotatable bonds is 2. The fourth-order valence-electron chi connectivity index (χ4n) is 1.10. The van der Waals surface area contributed by atoms with E-state index in [0.717, 1.165) is 5.69 Å². The predicted octanol–water partition coefficient (Wildman–Crippen LogP) is 0.825. The molecule has 6 heteroatoms. The number of hydrogen-bond acceptors (Lipinski definition) is 5. The molecule has 15 heavy (non-hydrogen) atoms. The summed E-state index contributed by atoms with van der Waals surface area (Å²) in [6.45, 7) is 0. The zero-order chi connectivity index (χ0) is 10.7. The number of aromatic nitrogens is 4. The molecule has 1 N–H and O–H groups in total. The van der Waals surface area contributed by atoms with E-state index in [1.807, 2.05) is 13.1 Å². The Bertz CT molecular complexity index is 509. The van der Waals surface area contributed by atoms with Crippen LogP contribution in [-0.2, 0) is 7.05 Å². The van der Waals surface area contributed by atoms with Crippen molar-refractivity contribution in [3.8, 4) is 6.07 Å². The molecule has 0 unspecified atom stereocenters. The molecule has 0 amide bonds. The van der Waals surface area contributed by atoms with Gasteiger partial charge in [0.05, 0.1) is 11.9 Å². The normalized spacial score (nSPS) is 9.60. The average molecular weight is 200 g/mol. The van der Waals surface area contributed by atoms with Gasteiger partial charge in [-0.2, -0.15) is 10.4 Å². The molecule has 0 aliphatic carbocycles. The van der Waals surface area contributed by atoms with Crippen LogP contribution in [0.2, 0.25) is 0 Å². The lowest BCUT2D eigenvalue weighted by molar-refractivity contribution is 0.768. The monoisotopic (exact) mass is 200 g/mol. The fourth-order valence-corrected chi connectivity index (χ4v) is 1.10. The third-order valence-corrected chi connectivity index (χ3v) is 1.73. The molecule has 6 nitrogen and oxygen atoms in total. The maximum atomic E-state index is 8.65. The molecule has 2 aromatic rings. The van der Waals surface area contributed by atoms with Gasteiger partial charge in [0.15, 0.2) is 0 Å². The van der Waals surface area contributed by atoms with Gasteiger partial charge in [-0.25, -0.2) is 9.97 Å². The highest BCUT2D eigenvalue weighted by Gasteiger charge is 2.00. The molecule has 0 aliphatic rings. The maximum absolute atomic E-state index is 8.65. The van der Waals surface area contributed by atoms with E-state index >= 15 is 0 Å². The number of nitrogens with zero attached hydrogens (tertiary/aromatic N) is 5. The van der Waals surface area contributed by atoms with Crippen LogP contribution in [0.15, 0.2) is 24.7 Å². The van der Waals surface area contributed by atoms with Crippen LogP contribution in [0, 0.1) is 11.3 Å². The van der Waals surface area contributed by atoms with Crippen molar-refractivity contribution in [1.29, 1.82) is 5.26 Å². The third-order valence-electron chi connectivity index (χ3n) is 1.73. The summed E-state index contributed by atoms with van der Waals surface area (Å²) in [6.07, 6.45) is 4.98. The predicted molar refractivity (Wildman–Crippen MR) is 53.2 cm³/mol. The SMILES string of the molecule is Cn1cc(Nc2nccc(C#N)n2)cn1. The zero-order valence-electron chi connectivity index (χ0n) is 8.05. The highest BCUT2D eigenvalue weighted by atomic mass is 15.3. The number of aryl methyl sites for hydroxylation is 1. The molecule has 74 valence electrons. The Morgan fingerprint density at radius 2 is 2.40 bits per heavy atom. The lowest BCUT2D eigenvalue weighted by Gasteiger charge is -1.99. The molecule has 0 atom stereocenters. The van der Waals surface area contributed by atoms with Crippen LogP contribution in [0.1, 0.15) is 5.69 Å². The van der Waals surface area contributed by atoms with Gasteiger partial charge in [0.25, 0.3) is 0 Å². The first kappa shape index (κ1) is 9.15. The van der Waals surface area contributed by atoms with Gasteiger partial charge in [-0.05, 0) is 6.07 Å². The molecule has 2 rings (SSSR count). The van der Waals surface area contributed by atoms with Crippen molar-refractivity contribution in [2.24, 2.45) is 7.05 Å². The summed E-state index contributed by atoms with van der Waals surface area (Å²) in [7, 11) is 1.82. The maximum Gasteiger partial charge on any atom is 0.228 e. The minimum absolute atomic E-state index is 0.330. The number of nitriles is 1. The van der Waals surface area contributed by atoms with E-state index in [-0.39, 0.29) is 0 Å². The first-order valence-corrected chi connectivity index (χ1v) is 4.27. The Kier molecular flexibility index (Phi) is 2.29. The second-order valence-electron chi connectivity index (χ2n) is 2.90. The number of anilines is 2. The molecule has 2 heterocycles. The molecular weight excluding hydrogens is 192 g/mol. The molecule has 0 bridgehead atoms. The molecule has 0 spiro atoms. The van der Waals surface area contributed by atoms with E-state index in [9.17, 15) is 0 Å². The van der Waals surface area contributed by atoms with E-state index < -0.39 is 0 Å². The summed E-state index contributed by atoms with van der Waals surface area (Å²) in [5.74, 6) is 0.391. The van der Waals surface area contributed by atoms with Gasteiger partial charge < -0.3 is 5.32 Å². The van der Waals surface area contributed by atoms with E-state index in [1.54, 1.807) is 23.1 Å². The van der Waals surface area contributed by atoms with Gasteiger partial charge in [0, 0.05) is 19.4 Å². The van der Waals surface area contributed by atoms with E-state index in [1.165, 1.54) is 6.20 Å². The molecule has 0 aromatic carbocycles. The Hall–Kier alpha value is -2.42. The first-order chi connectivity index (χ1) is 7.28. The van der Waals surface area contributed by atoms with Gasteiger partial charge in [-0.1, -0.05) is 0 Å². The molecular formula is C9H8N6. The van der Waals surface area contributed by atoms with Crippen molar-refractivity contribution in [2.75, 3.05) is 5.32 Å². The quantitative estimate of drug-likeness (QED) is 0.776. The molecule has 2 aromatic heterocycles. The summed E-state index contributed by atoms with van der Waals surface area (Å²) < 4.78 is 1.66. The lowest BCUT2D eigenvalue weighted by Crippen LogP contribution is -1.97. The van der Waals surface area contributed by atoms with Gasteiger partial charge in [-0.3, -0.25) is 4.68 Å². The van der Waals surface area contributed by atoms with Crippen molar-refractivity contribution in [1.82, 2.24) is 19.7 Å². The Balaban J connectivity index is 2.21. The van der Waals surface area contributed by atoms with Crippen LogP contribution < -0.4 is 5.32 Å². The van der Waals surface area contributed by atoms with Crippen LogP contribution in [-0.4, -0.2) is 19.7 Å². The third kappa shape index (κ3) is 2.08. The largest absolute Gasteiger partial charge is 0.321 e. The topological polar surface area (TPSA) is 79.4 Å². The minimum Gasteiger partial charge on any atom is -0.321 e. The summed E-state index contributed by atoms with van der Waals surface area (Å²) in [4.78, 5) is 7.96. The molecule has 0 saturated carbocycles. The highest BCUT2D eigenvalue weighted by Crippen LogP contribution is 2.10. The van der Waals surface area contributed by atoms with Gasteiger partial charge in [0.2, 0.25) is 5.95 Å². The van der Waals surface area contributed by atoms with Gasteiger partial charge in [-0.15, -0.1) is 0 Å². The molecule has 0 fully saturated rings. The summed E-state index contributed by atoms with van der Waals surface area (Å²) in [5.41, 5.74) is 1.11. The lowest BCUT2D eigenvalue weighted by atomic mass is 10.4. The van der Waals surface area contributed by atoms with Gasteiger partial charge in [0.1, 0.15) is 11.8 Å². The van der Waals surface area contributed by atoms with Crippen LogP contribution in [0.4, 0.5) is 11.6 Å². The Morgan fingerprint density at radius 1 is 1.53 bits per heavy atom. The second kappa shape index (κ2) is 3.75. The van der Waals surface area contributed by atoms with Crippen LogP contribution in [0.25, 0.3) is 0 Å². The van der Waals surface area contributed by atoms with E-state index in [2.05, 4.69) is 20.4 Å². The van der Waals surface area contributed by atoms with Crippen molar-refractivity contribution >= 4 is 11.6 Å². The van der Waals surface area contributed by atoms with Crippen LogP contribution in [0.3, 0.4) is 0 Å². The van der Waals surface area contributed by atoms with Crippen molar-refractivity contribution in [3.05, 3.63) is 30.4 Å². The average Bonchev–Trinajstić information content (AvgIpc) is 2.64. The summed E-state index contributed by atoms with van der Waals surface area (Å²) in [5, 5.41) is 15.6. The highest BCUT2D eigenvalue weighted by molar-refractivity contribution is 5.50. The fraction of sp³-hybridized carbons (Fsp3) is 0.111. The number of hydrogen-bond donors (Lipinski definition) is 1. The second-order valence-corrected chi connectivity index (χ2v) is 2.90.